The summed E-state index contributed by atoms with van der Waals surface area (Å²) in [5.41, 5.74) is 0. The molecule has 0 bridgehead atoms. The smallest absolute Gasteiger partial charge is 0.214 e. The lowest BCUT2D eigenvalue weighted by molar-refractivity contribution is 0.0773. The molecule has 0 aromatic heterocycles. The summed E-state index contributed by atoms with van der Waals surface area (Å²) in [4.78, 5) is 0. The maximum Gasteiger partial charge on any atom is 0.214 e. The van der Waals surface area contributed by atoms with E-state index in [9.17, 15) is 8.42 Å². The standard InChI is InChI=1S/C8H17NO3S/c1-7(2)13(10,11)9-8-4-3-5-12-6-8/h7-9H,3-6H2,1-2H3/t8-/m1/s1. The van der Waals surface area contributed by atoms with Crippen molar-refractivity contribution >= 4 is 10.0 Å². The lowest BCUT2D eigenvalue weighted by Crippen LogP contribution is -2.43. The molecule has 1 rings (SSSR count). The van der Waals surface area contributed by atoms with Crippen LogP contribution in [0.3, 0.4) is 0 Å². The molecule has 1 saturated heterocycles. The van der Waals surface area contributed by atoms with Crippen LogP contribution in [0, 0.1) is 0 Å². The third kappa shape index (κ3) is 3.25. The van der Waals surface area contributed by atoms with E-state index in [0.29, 0.717) is 6.61 Å². The first-order valence-electron chi connectivity index (χ1n) is 4.61. The Hall–Kier alpha value is -0.130. The fourth-order valence-electron chi connectivity index (χ4n) is 1.20. The molecule has 1 fully saturated rings. The van der Waals surface area contributed by atoms with Gasteiger partial charge >= 0.3 is 0 Å². The van der Waals surface area contributed by atoms with E-state index in [1.54, 1.807) is 13.8 Å². The van der Waals surface area contributed by atoms with E-state index in [4.69, 9.17) is 4.74 Å². The number of hydrogen-bond donors (Lipinski definition) is 1. The van der Waals surface area contributed by atoms with Crippen molar-refractivity contribution in [3.05, 3.63) is 0 Å². The Balaban J connectivity index is 2.47. The van der Waals surface area contributed by atoms with E-state index in [1.165, 1.54) is 0 Å². The normalized spacial score (nSPS) is 25.0. The van der Waals surface area contributed by atoms with Crippen LogP contribution in [-0.4, -0.2) is 32.9 Å². The van der Waals surface area contributed by atoms with Gasteiger partial charge in [0, 0.05) is 12.6 Å². The third-order valence-electron chi connectivity index (χ3n) is 2.11. The van der Waals surface area contributed by atoms with Crippen LogP contribution in [0.2, 0.25) is 0 Å². The fourth-order valence-corrected chi connectivity index (χ4v) is 2.12. The molecule has 5 heteroatoms. The Morgan fingerprint density at radius 2 is 2.15 bits per heavy atom. The molecule has 1 heterocycles. The molecule has 0 unspecified atom stereocenters. The van der Waals surface area contributed by atoms with E-state index in [1.807, 2.05) is 0 Å². The minimum atomic E-state index is -3.13. The van der Waals surface area contributed by atoms with E-state index < -0.39 is 10.0 Å². The summed E-state index contributed by atoms with van der Waals surface area (Å²) in [6, 6.07) is -0.0267. The molecular weight excluding hydrogens is 190 g/mol. The Kier molecular flexibility index (Phi) is 3.70. The highest BCUT2D eigenvalue weighted by atomic mass is 32.2. The first-order valence-corrected chi connectivity index (χ1v) is 6.16. The maximum absolute atomic E-state index is 11.4. The molecule has 0 aromatic carbocycles. The molecule has 1 aliphatic heterocycles. The quantitative estimate of drug-likeness (QED) is 0.733. The second-order valence-electron chi connectivity index (χ2n) is 3.63. The van der Waals surface area contributed by atoms with E-state index in [2.05, 4.69) is 4.72 Å². The number of ether oxygens (including phenoxy) is 1. The number of nitrogens with one attached hydrogen (secondary N) is 1. The number of sulfonamides is 1. The molecule has 13 heavy (non-hydrogen) atoms. The zero-order valence-electron chi connectivity index (χ0n) is 8.12. The second kappa shape index (κ2) is 4.39. The predicted molar refractivity (Wildman–Crippen MR) is 51.0 cm³/mol. The molecule has 0 saturated carbocycles. The summed E-state index contributed by atoms with van der Waals surface area (Å²) in [7, 11) is -3.13. The number of rotatable bonds is 3. The van der Waals surface area contributed by atoms with Crippen molar-refractivity contribution in [3.8, 4) is 0 Å². The topological polar surface area (TPSA) is 55.4 Å². The summed E-state index contributed by atoms with van der Waals surface area (Å²) < 4.78 is 30.7. The van der Waals surface area contributed by atoms with Gasteiger partial charge in [-0.2, -0.15) is 0 Å². The van der Waals surface area contributed by atoms with Gasteiger partial charge in [-0.25, -0.2) is 13.1 Å². The van der Waals surface area contributed by atoms with Gasteiger partial charge < -0.3 is 4.74 Å². The van der Waals surface area contributed by atoms with Crippen molar-refractivity contribution in [2.75, 3.05) is 13.2 Å². The van der Waals surface area contributed by atoms with Crippen LogP contribution < -0.4 is 4.72 Å². The Labute approximate surface area is 79.7 Å². The van der Waals surface area contributed by atoms with Crippen molar-refractivity contribution in [3.63, 3.8) is 0 Å². The van der Waals surface area contributed by atoms with Crippen molar-refractivity contribution in [2.45, 2.75) is 38.0 Å². The highest BCUT2D eigenvalue weighted by Gasteiger charge is 2.22. The van der Waals surface area contributed by atoms with Crippen molar-refractivity contribution in [1.82, 2.24) is 4.72 Å². The zero-order valence-corrected chi connectivity index (χ0v) is 8.93. The molecule has 0 spiro atoms. The molecule has 1 atom stereocenters. The van der Waals surface area contributed by atoms with Crippen molar-refractivity contribution in [2.24, 2.45) is 0 Å². The molecule has 1 aliphatic rings. The van der Waals surface area contributed by atoms with Gasteiger partial charge in [-0.1, -0.05) is 0 Å². The van der Waals surface area contributed by atoms with Gasteiger partial charge in [0.05, 0.1) is 11.9 Å². The first-order chi connectivity index (χ1) is 6.02. The molecule has 0 radical (unpaired) electrons. The van der Waals surface area contributed by atoms with E-state index in [0.717, 1.165) is 19.4 Å². The average molecular weight is 207 g/mol. The van der Waals surface area contributed by atoms with Crippen LogP contribution in [0.15, 0.2) is 0 Å². The Bertz CT molecular complexity index is 242. The summed E-state index contributed by atoms with van der Waals surface area (Å²) in [5.74, 6) is 0. The summed E-state index contributed by atoms with van der Waals surface area (Å²) >= 11 is 0. The lowest BCUT2D eigenvalue weighted by Gasteiger charge is -2.23. The Morgan fingerprint density at radius 3 is 2.62 bits per heavy atom. The van der Waals surface area contributed by atoms with Gasteiger partial charge in [-0.3, -0.25) is 0 Å². The second-order valence-corrected chi connectivity index (χ2v) is 5.89. The minimum Gasteiger partial charge on any atom is -0.380 e. The summed E-state index contributed by atoms with van der Waals surface area (Å²) in [5, 5.41) is -0.366. The SMILES string of the molecule is CC(C)S(=O)(=O)N[C@@H]1CCCOC1. The largest absolute Gasteiger partial charge is 0.380 e. The summed E-state index contributed by atoms with van der Waals surface area (Å²) in [6.45, 7) is 4.60. The van der Waals surface area contributed by atoms with Gasteiger partial charge in [0.15, 0.2) is 0 Å². The van der Waals surface area contributed by atoms with Crippen LogP contribution in [0.25, 0.3) is 0 Å². The minimum absolute atomic E-state index is 0.0267. The highest BCUT2D eigenvalue weighted by Crippen LogP contribution is 2.08. The molecule has 4 nitrogen and oxygen atoms in total. The molecule has 1 N–H and O–H groups in total. The fraction of sp³-hybridized carbons (Fsp3) is 1.00. The molecule has 0 amide bonds. The number of hydrogen-bond acceptors (Lipinski definition) is 3. The molecule has 78 valence electrons. The van der Waals surface area contributed by atoms with Gasteiger partial charge in [-0.15, -0.1) is 0 Å². The van der Waals surface area contributed by atoms with E-state index in [-0.39, 0.29) is 11.3 Å². The first kappa shape index (κ1) is 10.9. The van der Waals surface area contributed by atoms with Crippen molar-refractivity contribution in [1.29, 1.82) is 0 Å². The lowest BCUT2D eigenvalue weighted by atomic mass is 10.1. The van der Waals surface area contributed by atoms with E-state index >= 15 is 0 Å². The third-order valence-corrected chi connectivity index (χ3v) is 4.01. The van der Waals surface area contributed by atoms with Gasteiger partial charge in [0.2, 0.25) is 10.0 Å². The molecule has 0 aliphatic carbocycles. The zero-order chi connectivity index (χ0) is 9.90. The van der Waals surface area contributed by atoms with Gasteiger partial charge in [0.25, 0.3) is 0 Å². The van der Waals surface area contributed by atoms with Gasteiger partial charge in [0.1, 0.15) is 0 Å². The monoisotopic (exact) mass is 207 g/mol. The molecule has 0 aromatic rings. The van der Waals surface area contributed by atoms with Crippen LogP contribution in [0.1, 0.15) is 26.7 Å². The van der Waals surface area contributed by atoms with Gasteiger partial charge in [-0.05, 0) is 26.7 Å². The van der Waals surface area contributed by atoms with Crippen LogP contribution in [0.5, 0.6) is 0 Å². The maximum atomic E-state index is 11.4. The average Bonchev–Trinajstić information content (AvgIpc) is 2.05. The highest BCUT2D eigenvalue weighted by molar-refractivity contribution is 7.90. The van der Waals surface area contributed by atoms with Crippen LogP contribution in [-0.2, 0) is 14.8 Å². The van der Waals surface area contributed by atoms with Crippen LogP contribution >= 0.6 is 0 Å². The Morgan fingerprint density at radius 1 is 1.46 bits per heavy atom. The molecular formula is C8H17NO3S. The van der Waals surface area contributed by atoms with Crippen molar-refractivity contribution < 1.29 is 13.2 Å². The summed E-state index contributed by atoms with van der Waals surface area (Å²) in [6.07, 6.45) is 1.82. The predicted octanol–water partition coefficient (Wildman–Crippen LogP) is 0.493. The van der Waals surface area contributed by atoms with Crippen LogP contribution in [0.4, 0.5) is 0 Å².